The molecule has 0 aliphatic heterocycles. The summed E-state index contributed by atoms with van der Waals surface area (Å²) in [6, 6.07) is 0.442. The summed E-state index contributed by atoms with van der Waals surface area (Å²) in [5.74, 6) is 0.830. The summed E-state index contributed by atoms with van der Waals surface area (Å²) in [6.07, 6.45) is 3.90. The highest BCUT2D eigenvalue weighted by Crippen LogP contribution is 2.02. The van der Waals surface area contributed by atoms with Crippen molar-refractivity contribution in [3.8, 4) is 0 Å². The number of ketones is 1. The topological polar surface area (TPSA) is 54.9 Å². The fourth-order valence-electron chi connectivity index (χ4n) is 1.25. The molecule has 0 fully saturated rings. The number of nitrogens with zero attached hydrogens (tertiary/aromatic N) is 2. The summed E-state index contributed by atoms with van der Waals surface area (Å²) in [5.41, 5.74) is 1.04. The largest absolute Gasteiger partial charge is 0.310 e. The maximum absolute atomic E-state index is 11.5. The molecule has 1 N–H and O–H groups in total. The zero-order chi connectivity index (χ0) is 12.8. The van der Waals surface area contributed by atoms with Crippen LogP contribution in [0.2, 0.25) is 0 Å². The average Bonchev–Trinajstić information content (AvgIpc) is 2.28. The SMILES string of the molecule is CC(C)NCc1cnc(CC(=O)C(C)C)nc1. The van der Waals surface area contributed by atoms with Gasteiger partial charge in [0.25, 0.3) is 0 Å². The van der Waals surface area contributed by atoms with Crippen LogP contribution < -0.4 is 5.32 Å². The molecule has 4 nitrogen and oxygen atoms in total. The minimum atomic E-state index is 0.0425. The predicted molar refractivity (Wildman–Crippen MR) is 67.6 cm³/mol. The van der Waals surface area contributed by atoms with Crippen LogP contribution in [0.5, 0.6) is 0 Å². The Morgan fingerprint density at radius 3 is 2.29 bits per heavy atom. The van der Waals surface area contributed by atoms with Gasteiger partial charge in [0.15, 0.2) is 0 Å². The Kier molecular flexibility index (Phi) is 5.22. The van der Waals surface area contributed by atoms with Gasteiger partial charge >= 0.3 is 0 Å². The first-order valence-corrected chi connectivity index (χ1v) is 6.05. The van der Waals surface area contributed by atoms with Crippen LogP contribution in [-0.2, 0) is 17.8 Å². The van der Waals surface area contributed by atoms with Crippen LogP contribution in [-0.4, -0.2) is 21.8 Å². The quantitative estimate of drug-likeness (QED) is 0.816. The zero-order valence-electron chi connectivity index (χ0n) is 11.0. The number of carbonyl (C=O) groups excluding carboxylic acids is 1. The van der Waals surface area contributed by atoms with Gasteiger partial charge in [0, 0.05) is 36.5 Å². The summed E-state index contributed by atoms with van der Waals surface area (Å²) in [5, 5.41) is 3.29. The molecule has 94 valence electrons. The summed E-state index contributed by atoms with van der Waals surface area (Å²) >= 11 is 0. The van der Waals surface area contributed by atoms with E-state index in [1.807, 2.05) is 13.8 Å². The molecule has 0 saturated heterocycles. The van der Waals surface area contributed by atoms with Gasteiger partial charge in [-0.15, -0.1) is 0 Å². The molecule has 0 aliphatic rings. The molecule has 0 amide bonds. The van der Waals surface area contributed by atoms with Crippen molar-refractivity contribution >= 4 is 5.78 Å². The molecule has 0 radical (unpaired) electrons. The van der Waals surface area contributed by atoms with Gasteiger partial charge in [-0.25, -0.2) is 9.97 Å². The van der Waals surface area contributed by atoms with Crippen LogP contribution in [0.3, 0.4) is 0 Å². The van der Waals surface area contributed by atoms with Crippen molar-refractivity contribution < 1.29 is 4.79 Å². The number of aromatic nitrogens is 2. The third kappa shape index (κ3) is 5.04. The van der Waals surface area contributed by atoms with Crippen molar-refractivity contribution in [1.82, 2.24) is 15.3 Å². The summed E-state index contributed by atoms with van der Waals surface area (Å²) in [4.78, 5) is 19.9. The van der Waals surface area contributed by atoms with E-state index in [1.54, 1.807) is 12.4 Å². The lowest BCUT2D eigenvalue weighted by Gasteiger charge is -2.08. The monoisotopic (exact) mass is 235 g/mol. The van der Waals surface area contributed by atoms with Gasteiger partial charge in [0.1, 0.15) is 11.6 Å². The first kappa shape index (κ1) is 13.8. The van der Waals surface area contributed by atoms with Crippen LogP contribution in [0, 0.1) is 5.92 Å². The number of hydrogen-bond donors (Lipinski definition) is 1. The second kappa shape index (κ2) is 6.45. The Balaban J connectivity index is 2.53. The molecule has 0 bridgehead atoms. The number of carbonyl (C=O) groups is 1. The lowest BCUT2D eigenvalue weighted by molar-refractivity contribution is -0.121. The third-order valence-electron chi connectivity index (χ3n) is 2.45. The van der Waals surface area contributed by atoms with Gasteiger partial charge in [-0.1, -0.05) is 27.7 Å². The fourth-order valence-corrected chi connectivity index (χ4v) is 1.25. The molecule has 0 spiro atoms. The molecule has 0 unspecified atom stereocenters. The molecule has 4 heteroatoms. The first-order valence-electron chi connectivity index (χ1n) is 6.05. The molecule has 0 aliphatic carbocycles. The summed E-state index contributed by atoms with van der Waals surface area (Å²) in [6.45, 7) is 8.73. The van der Waals surface area contributed by atoms with E-state index >= 15 is 0 Å². The van der Waals surface area contributed by atoms with Crippen molar-refractivity contribution in [3.63, 3.8) is 0 Å². The zero-order valence-corrected chi connectivity index (χ0v) is 11.0. The van der Waals surface area contributed by atoms with E-state index in [-0.39, 0.29) is 11.7 Å². The second-order valence-corrected chi connectivity index (χ2v) is 4.84. The smallest absolute Gasteiger partial charge is 0.142 e. The van der Waals surface area contributed by atoms with Crippen LogP contribution >= 0.6 is 0 Å². The number of rotatable bonds is 6. The number of Topliss-reactive ketones (excluding diaryl/α,β-unsaturated/α-hetero) is 1. The number of nitrogens with one attached hydrogen (secondary N) is 1. The van der Waals surface area contributed by atoms with Crippen molar-refractivity contribution in [2.75, 3.05) is 0 Å². The minimum absolute atomic E-state index is 0.0425. The lowest BCUT2D eigenvalue weighted by Crippen LogP contribution is -2.22. The highest BCUT2D eigenvalue weighted by Gasteiger charge is 2.09. The molecular formula is C13H21N3O. The highest BCUT2D eigenvalue weighted by molar-refractivity contribution is 5.81. The highest BCUT2D eigenvalue weighted by atomic mass is 16.1. The molecule has 1 aromatic rings. The lowest BCUT2D eigenvalue weighted by atomic mass is 10.1. The van der Waals surface area contributed by atoms with E-state index in [4.69, 9.17) is 0 Å². The first-order chi connectivity index (χ1) is 7.99. The molecule has 1 rings (SSSR count). The van der Waals surface area contributed by atoms with E-state index < -0.39 is 0 Å². The van der Waals surface area contributed by atoms with Gasteiger partial charge < -0.3 is 5.32 Å². The van der Waals surface area contributed by atoms with Gasteiger partial charge in [-0.3, -0.25) is 4.79 Å². The van der Waals surface area contributed by atoms with E-state index in [2.05, 4.69) is 29.1 Å². The third-order valence-corrected chi connectivity index (χ3v) is 2.45. The Morgan fingerprint density at radius 1 is 1.24 bits per heavy atom. The van der Waals surface area contributed by atoms with Crippen LogP contribution in [0.15, 0.2) is 12.4 Å². The molecule has 0 aromatic carbocycles. The van der Waals surface area contributed by atoms with Crippen molar-refractivity contribution in [2.45, 2.75) is 46.7 Å². The van der Waals surface area contributed by atoms with Crippen molar-refractivity contribution in [1.29, 1.82) is 0 Å². The van der Waals surface area contributed by atoms with E-state index in [0.29, 0.717) is 18.3 Å². The summed E-state index contributed by atoms with van der Waals surface area (Å²) in [7, 11) is 0. The van der Waals surface area contributed by atoms with Crippen molar-refractivity contribution in [2.24, 2.45) is 5.92 Å². The average molecular weight is 235 g/mol. The van der Waals surface area contributed by atoms with Crippen LogP contribution in [0.25, 0.3) is 0 Å². The maximum atomic E-state index is 11.5. The molecular weight excluding hydrogens is 214 g/mol. The summed E-state index contributed by atoms with van der Waals surface area (Å²) < 4.78 is 0. The normalized spacial score (nSPS) is 11.2. The van der Waals surface area contributed by atoms with E-state index in [1.165, 1.54) is 0 Å². The fraction of sp³-hybridized carbons (Fsp3) is 0.615. The van der Waals surface area contributed by atoms with Crippen molar-refractivity contribution in [3.05, 3.63) is 23.8 Å². The Morgan fingerprint density at radius 2 is 1.82 bits per heavy atom. The second-order valence-electron chi connectivity index (χ2n) is 4.84. The van der Waals surface area contributed by atoms with E-state index in [0.717, 1.165) is 12.1 Å². The predicted octanol–water partition coefficient (Wildman–Crippen LogP) is 1.74. The molecule has 1 heterocycles. The molecule has 1 aromatic heterocycles. The molecule has 17 heavy (non-hydrogen) atoms. The van der Waals surface area contributed by atoms with Crippen LogP contribution in [0.4, 0.5) is 0 Å². The van der Waals surface area contributed by atoms with Gasteiger partial charge in [-0.05, 0) is 0 Å². The number of hydrogen-bond acceptors (Lipinski definition) is 4. The van der Waals surface area contributed by atoms with Gasteiger partial charge in [0.05, 0.1) is 6.42 Å². The Labute approximate surface area is 103 Å². The van der Waals surface area contributed by atoms with Gasteiger partial charge in [0.2, 0.25) is 0 Å². The Hall–Kier alpha value is -1.29. The van der Waals surface area contributed by atoms with E-state index in [9.17, 15) is 4.79 Å². The minimum Gasteiger partial charge on any atom is -0.310 e. The Bertz CT molecular complexity index is 357. The van der Waals surface area contributed by atoms with Gasteiger partial charge in [-0.2, -0.15) is 0 Å². The standard InChI is InChI=1S/C13H21N3O/c1-9(2)12(17)5-13-15-7-11(8-16-13)6-14-10(3)4/h7-10,14H,5-6H2,1-4H3. The molecule has 0 saturated carbocycles. The maximum Gasteiger partial charge on any atom is 0.142 e. The van der Waals surface area contributed by atoms with Crippen LogP contribution in [0.1, 0.15) is 39.1 Å². The molecule has 0 atom stereocenters.